The van der Waals surface area contributed by atoms with E-state index in [9.17, 15) is 9.59 Å². The zero-order valence-corrected chi connectivity index (χ0v) is 17.8. The van der Waals surface area contributed by atoms with Gasteiger partial charge in [-0.3, -0.25) is 9.59 Å². The Morgan fingerprint density at radius 1 is 1.13 bits per heavy atom. The van der Waals surface area contributed by atoms with Crippen LogP contribution in [0.25, 0.3) is 10.6 Å². The van der Waals surface area contributed by atoms with Crippen LogP contribution < -0.4 is 10.3 Å². The standard InChI is InChI=1S/C23H23N3O3S/c1-14-21(30-22(24-14)16-6-8-18(29-2)9-7-16)23(28)25-11-15-10-17(13-25)19-4-3-5-20(27)26(19)12-15/h3-9,15,17H,10-13H2,1-2H3/t15-,17+/m0/s1. The summed E-state index contributed by atoms with van der Waals surface area (Å²) in [6.07, 6.45) is 1.03. The number of fused-ring (bicyclic) bond motifs is 4. The van der Waals surface area contributed by atoms with Crippen molar-refractivity contribution in [3.8, 4) is 16.3 Å². The Labute approximate surface area is 178 Å². The Balaban J connectivity index is 1.40. The number of amides is 1. The fourth-order valence-corrected chi connectivity index (χ4v) is 5.70. The molecule has 1 amide bonds. The summed E-state index contributed by atoms with van der Waals surface area (Å²) in [5.74, 6) is 1.37. The van der Waals surface area contributed by atoms with Gasteiger partial charge in [-0.15, -0.1) is 11.3 Å². The van der Waals surface area contributed by atoms with Crippen LogP contribution >= 0.6 is 11.3 Å². The summed E-state index contributed by atoms with van der Waals surface area (Å²) in [6.45, 7) is 3.92. The van der Waals surface area contributed by atoms with Crippen LogP contribution in [0.15, 0.2) is 47.3 Å². The highest BCUT2D eigenvalue weighted by Crippen LogP contribution is 2.37. The molecule has 2 aliphatic heterocycles. The van der Waals surface area contributed by atoms with Crippen molar-refractivity contribution in [1.82, 2.24) is 14.5 Å². The second-order valence-electron chi connectivity index (χ2n) is 8.07. The third kappa shape index (κ3) is 3.23. The first-order chi connectivity index (χ1) is 14.5. The minimum Gasteiger partial charge on any atom is -0.497 e. The van der Waals surface area contributed by atoms with Crippen LogP contribution in [0.3, 0.4) is 0 Å². The highest BCUT2D eigenvalue weighted by atomic mass is 32.1. The molecular formula is C23H23N3O3S. The van der Waals surface area contributed by atoms with E-state index in [0.29, 0.717) is 30.4 Å². The number of likely N-dealkylation sites (tertiary alicyclic amines) is 1. The molecule has 2 bridgehead atoms. The lowest BCUT2D eigenvalue weighted by molar-refractivity contribution is 0.0598. The molecule has 154 valence electrons. The lowest BCUT2D eigenvalue weighted by Crippen LogP contribution is -2.49. The monoisotopic (exact) mass is 421 g/mol. The summed E-state index contributed by atoms with van der Waals surface area (Å²) < 4.78 is 7.11. The number of rotatable bonds is 3. The molecule has 7 heteroatoms. The average molecular weight is 422 g/mol. The van der Waals surface area contributed by atoms with Crippen LogP contribution in [0, 0.1) is 12.8 Å². The number of hydrogen-bond donors (Lipinski definition) is 0. The molecular weight excluding hydrogens is 398 g/mol. The van der Waals surface area contributed by atoms with Crippen LogP contribution in [0.2, 0.25) is 0 Å². The van der Waals surface area contributed by atoms with Gasteiger partial charge in [0, 0.05) is 42.9 Å². The van der Waals surface area contributed by atoms with Crippen LogP contribution in [-0.4, -0.2) is 40.6 Å². The molecule has 2 atom stereocenters. The highest BCUT2D eigenvalue weighted by Gasteiger charge is 2.37. The van der Waals surface area contributed by atoms with Gasteiger partial charge in [0.1, 0.15) is 15.6 Å². The number of nitrogens with zero attached hydrogens (tertiary/aromatic N) is 3. The third-order valence-electron chi connectivity index (χ3n) is 6.09. The van der Waals surface area contributed by atoms with Gasteiger partial charge in [0.25, 0.3) is 11.5 Å². The quantitative estimate of drug-likeness (QED) is 0.649. The fourth-order valence-electron chi connectivity index (χ4n) is 4.66. The molecule has 6 nitrogen and oxygen atoms in total. The number of pyridine rings is 1. The molecule has 1 saturated heterocycles. The van der Waals surface area contributed by atoms with Gasteiger partial charge in [-0.05, 0) is 49.6 Å². The lowest BCUT2D eigenvalue weighted by Gasteiger charge is -2.42. The van der Waals surface area contributed by atoms with Crippen molar-refractivity contribution in [3.63, 3.8) is 0 Å². The predicted octanol–water partition coefficient (Wildman–Crippen LogP) is 3.55. The molecule has 0 unspecified atom stereocenters. The van der Waals surface area contributed by atoms with E-state index in [0.717, 1.165) is 34.1 Å². The molecule has 2 aliphatic rings. The first-order valence-electron chi connectivity index (χ1n) is 10.1. The molecule has 3 aromatic rings. The Kier molecular flexibility index (Phi) is 4.70. The number of aromatic nitrogens is 2. The summed E-state index contributed by atoms with van der Waals surface area (Å²) in [7, 11) is 1.64. The van der Waals surface area contributed by atoms with Gasteiger partial charge in [0.15, 0.2) is 0 Å². The summed E-state index contributed by atoms with van der Waals surface area (Å²) in [5, 5.41) is 0.840. The number of piperidine rings is 1. The molecule has 1 fully saturated rings. The number of thiazole rings is 1. The van der Waals surface area contributed by atoms with Crippen molar-refractivity contribution in [3.05, 3.63) is 69.1 Å². The van der Waals surface area contributed by atoms with Crippen LogP contribution in [0.5, 0.6) is 5.75 Å². The molecule has 5 rings (SSSR count). The number of carbonyl (C=O) groups excluding carboxylic acids is 1. The smallest absolute Gasteiger partial charge is 0.265 e. The molecule has 1 aromatic carbocycles. The topological polar surface area (TPSA) is 64.4 Å². The van der Waals surface area contributed by atoms with E-state index in [2.05, 4.69) is 4.98 Å². The molecule has 2 aromatic heterocycles. The molecule has 0 N–H and O–H groups in total. The Bertz CT molecular complexity index is 1170. The van der Waals surface area contributed by atoms with Crippen molar-refractivity contribution in [2.75, 3.05) is 20.2 Å². The minimum atomic E-state index is 0.0474. The van der Waals surface area contributed by atoms with E-state index in [1.165, 1.54) is 11.3 Å². The second-order valence-corrected chi connectivity index (χ2v) is 9.07. The molecule has 30 heavy (non-hydrogen) atoms. The minimum absolute atomic E-state index is 0.0474. The van der Waals surface area contributed by atoms with Crippen LogP contribution in [0.4, 0.5) is 0 Å². The van der Waals surface area contributed by atoms with Gasteiger partial charge in [-0.2, -0.15) is 0 Å². The molecule has 4 heterocycles. The van der Waals surface area contributed by atoms with Crippen LogP contribution in [0.1, 0.15) is 33.4 Å². The largest absolute Gasteiger partial charge is 0.497 e. The number of benzene rings is 1. The number of hydrogen-bond acceptors (Lipinski definition) is 5. The van der Waals surface area contributed by atoms with Crippen molar-refractivity contribution >= 4 is 17.2 Å². The average Bonchev–Trinajstić information content (AvgIpc) is 3.15. The van der Waals surface area contributed by atoms with E-state index >= 15 is 0 Å². The predicted molar refractivity (Wildman–Crippen MR) is 116 cm³/mol. The van der Waals surface area contributed by atoms with E-state index < -0.39 is 0 Å². The van der Waals surface area contributed by atoms with Gasteiger partial charge in [-0.1, -0.05) is 6.07 Å². The van der Waals surface area contributed by atoms with Gasteiger partial charge in [0.2, 0.25) is 0 Å². The normalized spacial score (nSPS) is 20.0. The summed E-state index contributed by atoms with van der Waals surface area (Å²) >= 11 is 1.45. The first-order valence-corrected chi connectivity index (χ1v) is 11.0. The molecule has 0 spiro atoms. The molecule has 0 aliphatic carbocycles. The van der Waals surface area contributed by atoms with Gasteiger partial charge in [0.05, 0.1) is 12.8 Å². The fraction of sp³-hybridized carbons (Fsp3) is 0.348. The number of ether oxygens (including phenoxy) is 1. The van der Waals surface area contributed by atoms with E-state index in [-0.39, 0.29) is 17.4 Å². The maximum absolute atomic E-state index is 13.4. The highest BCUT2D eigenvalue weighted by molar-refractivity contribution is 7.17. The van der Waals surface area contributed by atoms with E-state index in [1.807, 2.05) is 52.8 Å². The van der Waals surface area contributed by atoms with Crippen molar-refractivity contribution in [1.29, 1.82) is 0 Å². The van der Waals surface area contributed by atoms with Gasteiger partial charge < -0.3 is 14.2 Å². The van der Waals surface area contributed by atoms with E-state index in [4.69, 9.17) is 4.74 Å². The second kappa shape index (κ2) is 7.40. The summed E-state index contributed by atoms with van der Waals surface area (Å²) in [4.78, 5) is 32.9. The number of aryl methyl sites for hydroxylation is 1. The maximum atomic E-state index is 13.4. The molecule has 0 saturated carbocycles. The Morgan fingerprint density at radius 3 is 2.70 bits per heavy atom. The lowest BCUT2D eigenvalue weighted by atomic mass is 9.83. The molecule has 0 radical (unpaired) electrons. The van der Waals surface area contributed by atoms with E-state index in [1.54, 1.807) is 13.2 Å². The summed E-state index contributed by atoms with van der Waals surface area (Å²) in [6, 6.07) is 13.2. The number of methoxy groups -OCH3 is 1. The zero-order chi connectivity index (χ0) is 20.8. The SMILES string of the molecule is COc1ccc(-c2nc(C)c(C(=O)N3C[C@@H]4C[C@H](C3)c3cccc(=O)n3C4)s2)cc1. The van der Waals surface area contributed by atoms with Crippen LogP contribution in [-0.2, 0) is 6.54 Å². The first kappa shape index (κ1) is 19.1. The van der Waals surface area contributed by atoms with Gasteiger partial charge in [-0.25, -0.2) is 4.98 Å². The zero-order valence-electron chi connectivity index (χ0n) is 17.0. The van der Waals surface area contributed by atoms with Crippen molar-refractivity contribution < 1.29 is 9.53 Å². The number of carbonyl (C=O) groups is 1. The third-order valence-corrected chi connectivity index (χ3v) is 7.29. The van der Waals surface area contributed by atoms with Crippen molar-refractivity contribution in [2.45, 2.75) is 25.8 Å². The Hall–Kier alpha value is -2.93. The summed E-state index contributed by atoms with van der Waals surface area (Å²) in [5.41, 5.74) is 2.86. The van der Waals surface area contributed by atoms with Crippen molar-refractivity contribution in [2.24, 2.45) is 5.92 Å². The maximum Gasteiger partial charge on any atom is 0.265 e. The van der Waals surface area contributed by atoms with Gasteiger partial charge >= 0.3 is 0 Å². The Morgan fingerprint density at radius 2 is 1.93 bits per heavy atom.